The van der Waals surface area contributed by atoms with Crippen molar-refractivity contribution in [3.63, 3.8) is 0 Å². The van der Waals surface area contributed by atoms with Gasteiger partial charge in [-0.05, 0) is 25.0 Å². The lowest BCUT2D eigenvalue weighted by Gasteiger charge is -2.35. The molecule has 0 bridgehead atoms. The summed E-state index contributed by atoms with van der Waals surface area (Å²) in [5.74, 6) is -1.73. The van der Waals surface area contributed by atoms with E-state index < -0.39 is 17.5 Å². The summed E-state index contributed by atoms with van der Waals surface area (Å²) >= 11 is 5.69. The van der Waals surface area contributed by atoms with Gasteiger partial charge in [-0.2, -0.15) is 0 Å². The fourth-order valence-corrected chi connectivity index (χ4v) is 3.02. The Morgan fingerprint density at radius 3 is 2.48 bits per heavy atom. The molecule has 0 saturated carbocycles. The summed E-state index contributed by atoms with van der Waals surface area (Å²) in [5.41, 5.74) is -0.199. The average Bonchev–Trinajstić information content (AvgIpc) is 2.54. The molecule has 2 heterocycles. The fourth-order valence-electron chi connectivity index (χ4n) is 2.81. The van der Waals surface area contributed by atoms with Crippen LogP contribution in [0, 0.1) is 5.82 Å². The van der Waals surface area contributed by atoms with Crippen LogP contribution in [0.3, 0.4) is 0 Å². The second-order valence-electron chi connectivity index (χ2n) is 6.20. The number of ether oxygens (including phenoxy) is 1. The van der Waals surface area contributed by atoms with Crippen LogP contribution in [-0.4, -0.2) is 60.3 Å². The molecule has 0 aromatic heterocycles. The Balaban J connectivity index is 1.52. The Bertz CT molecular complexity index is 676. The van der Waals surface area contributed by atoms with E-state index in [0.29, 0.717) is 39.1 Å². The van der Waals surface area contributed by atoms with Crippen LogP contribution in [0.5, 0.6) is 5.75 Å². The van der Waals surface area contributed by atoms with Crippen LogP contribution in [0.15, 0.2) is 12.1 Å². The van der Waals surface area contributed by atoms with Gasteiger partial charge in [0.25, 0.3) is 5.91 Å². The van der Waals surface area contributed by atoms with Crippen LogP contribution in [-0.2, 0) is 4.74 Å². The molecule has 2 fully saturated rings. The van der Waals surface area contributed by atoms with Gasteiger partial charge in [-0.25, -0.2) is 9.18 Å². The van der Waals surface area contributed by atoms with Gasteiger partial charge in [0.15, 0.2) is 0 Å². The van der Waals surface area contributed by atoms with Gasteiger partial charge in [0, 0.05) is 19.1 Å². The van der Waals surface area contributed by atoms with Crippen LogP contribution in [0.1, 0.15) is 23.2 Å². The zero-order valence-corrected chi connectivity index (χ0v) is 14.2. The molecule has 0 spiro atoms. The number of phenolic OH excluding ortho intramolecular Hbond substituents is 1. The van der Waals surface area contributed by atoms with Crippen molar-refractivity contribution in [2.75, 3.05) is 26.3 Å². The number of urea groups is 1. The van der Waals surface area contributed by atoms with E-state index in [4.69, 9.17) is 16.3 Å². The molecule has 25 heavy (non-hydrogen) atoms. The number of likely N-dealkylation sites (tertiary alicyclic amines) is 1. The number of piperidine rings is 1. The summed E-state index contributed by atoms with van der Waals surface area (Å²) in [7, 11) is 0. The van der Waals surface area contributed by atoms with Crippen LogP contribution >= 0.6 is 11.6 Å². The van der Waals surface area contributed by atoms with E-state index >= 15 is 0 Å². The van der Waals surface area contributed by atoms with Crippen molar-refractivity contribution < 1.29 is 23.8 Å². The van der Waals surface area contributed by atoms with Gasteiger partial charge in [0.05, 0.1) is 29.8 Å². The van der Waals surface area contributed by atoms with E-state index in [1.165, 1.54) is 0 Å². The molecule has 2 aliphatic rings. The smallest absolute Gasteiger partial charge is 0.317 e. The summed E-state index contributed by atoms with van der Waals surface area (Å²) < 4.78 is 18.4. The molecule has 2 aliphatic heterocycles. The number of hydrogen-bond donors (Lipinski definition) is 3. The zero-order chi connectivity index (χ0) is 18.0. The highest BCUT2D eigenvalue weighted by molar-refractivity contribution is 6.32. The Kier molecular flexibility index (Phi) is 5.29. The molecule has 9 heteroatoms. The monoisotopic (exact) mass is 371 g/mol. The van der Waals surface area contributed by atoms with Crippen LogP contribution in [0.4, 0.5) is 9.18 Å². The second kappa shape index (κ2) is 7.45. The standard InChI is InChI=1S/C16H19ClFN3O4/c17-13-6-9(18)5-12(14(13)22)15(23)19-10-1-3-21(4-2-10)16(24)20-11-7-25-8-11/h5-6,10-11,22H,1-4,7-8H2,(H,19,23)(H,20,24). The second-order valence-corrected chi connectivity index (χ2v) is 6.61. The molecule has 3 rings (SSSR count). The third kappa shape index (κ3) is 4.13. The predicted octanol–water partition coefficient (Wildman–Crippen LogP) is 1.49. The van der Waals surface area contributed by atoms with Gasteiger partial charge < -0.3 is 25.4 Å². The Morgan fingerprint density at radius 1 is 1.20 bits per heavy atom. The molecule has 2 saturated heterocycles. The number of carbonyl (C=O) groups is 2. The van der Waals surface area contributed by atoms with E-state index in [1.807, 2.05) is 0 Å². The molecule has 0 aliphatic carbocycles. The molecule has 1 aromatic carbocycles. The van der Waals surface area contributed by atoms with Gasteiger partial charge in [0.1, 0.15) is 11.6 Å². The first kappa shape index (κ1) is 17.8. The van der Waals surface area contributed by atoms with Gasteiger partial charge in [-0.1, -0.05) is 11.6 Å². The van der Waals surface area contributed by atoms with E-state index in [2.05, 4.69) is 10.6 Å². The molecule has 3 N–H and O–H groups in total. The highest BCUT2D eigenvalue weighted by Crippen LogP contribution is 2.28. The van der Waals surface area contributed by atoms with E-state index in [-0.39, 0.29) is 28.7 Å². The maximum atomic E-state index is 13.4. The van der Waals surface area contributed by atoms with E-state index in [0.717, 1.165) is 12.1 Å². The third-order valence-electron chi connectivity index (χ3n) is 4.36. The lowest BCUT2D eigenvalue weighted by atomic mass is 10.0. The number of phenols is 1. The highest BCUT2D eigenvalue weighted by Gasteiger charge is 2.28. The van der Waals surface area contributed by atoms with Crippen molar-refractivity contribution in [3.05, 3.63) is 28.5 Å². The van der Waals surface area contributed by atoms with Crippen molar-refractivity contribution in [1.82, 2.24) is 15.5 Å². The number of nitrogens with zero attached hydrogens (tertiary/aromatic N) is 1. The largest absolute Gasteiger partial charge is 0.506 e. The van der Waals surface area contributed by atoms with Crippen molar-refractivity contribution in [2.24, 2.45) is 0 Å². The quantitative estimate of drug-likeness (QED) is 0.750. The first-order valence-corrected chi connectivity index (χ1v) is 8.44. The minimum absolute atomic E-state index is 0.0747. The SMILES string of the molecule is O=C(NC1CCN(C(=O)NC2COC2)CC1)c1cc(F)cc(Cl)c1O. The van der Waals surface area contributed by atoms with E-state index in [9.17, 15) is 19.1 Å². The first-order chi connectivity index (χ1) is 11.9. The maximum absolute atomic E-state index is 13.4. The Labute approximate surface area is 149 Å². The number of rotatable bonds is 3. The van der Waals surface area contributed by atoms with Crippen LogP contribution in [0.2, 0.25) is 5.02 Å². The number of hydrogen-bond acceptors (Lipinski definition) is 4. The zero-order valence-electron chi connectivity index (χ0n) is 13.4. The summed E-state index contributed by atoms with van der Waals surface area (Å²) in [5, 5.41) is 15.2. The molecule has 7 nitrogen and oxygen atoms in total. The minimum atomic E-state index is -0.695. The van der Waals surface area contributed by atoms with Crippen molar-refractivity contribution in [3.8, 4) is 5.75 Å². The normalized spacial score (nSPS) is 18.6. The molecular formula is C16H19ClFN3O4. The number of benzene rings is 1. The number of aromatic hydroxyl groups is 1. The summed E-state index contributed by atoms with van der Waals surface area (Å²) in [4.78, 5) is 26.0. The molecular weight excluding hydrogens is 353 g/mol. The summed E-state index contributed by atoms with van der Waals surface area (Å²) in [6.07, 6.45) is 1.15. The minimum Gasteiger partial charge on any atom is -0.506 e. The van der Waals surface area contributed by atoms with Gasteiger partial charge in [-0.15, -0.1) is 0 Å². The topological polar surface area (TPSA) is 90.9 Å². The number of halogens is 2. The molecule has 136 valence electrons. The van der Waals surface area contributed by atoms with Gasteiger partial charge >= 0.3 is 6.03 Å². The lowest BCUT2D eigenvalue weighted by Crippen LogP contribution is -2.55. The van der Waals surface area contributed by atoms with Crippen LogP contribution < -0.4 is 10.6 Å². The predicted molar refractivity (Wildman–Crippen MR) is 88.3 cm³/mol. The van der Waals surface area contributed by atoms with E-state index in [1.54, 1.807) is 4.90 Å². The summed E-state index contributed by atoms with van der Waals surface area (Å²) in [6, 6.07) is 1.67. The third-order valence-corrected chi connectivity index (χ3v) is 4.64. The number of amides is 3. The number of carbonyl (C=O) groups excluding carboxylic acids is 2. The average molecular weight is 372 g/mol. The van der Waals surface area contributed by atoms with Gasteiger partial charge in [0.2, 0.25) is 0 Å². The number of nitrogens with one attached hydrogen (secondary N) is 2. The molecule has 1 aromatic rings. The maximum Gasteiger partial charge on any atom is 0.317 e. The van der Waals surface area contributed by atoms with Crippen molar-refractivity contribution in [2.45, 2.75) is 24.9 Å². The molecule has 0 atom stereocenters. The summed E-state index contributed by atoms with van der Waals surface area (Å²) in [6.45, 7) is 2.08. The van der Waals surface area contributed by atoms with Gasteiger partial charge in [-0.3, -0.25) is 4.79 Å². The van der Waals surface area contributed by atoms with Crippen LogP contribution in [0.25, 0.3) is 0 Å². The van der Waals surface area contributed by atoms with Crippen molar-refractivity contribution in [1.29, 1.82) is 0 Å². The molecule has 3 amide bonds. The molecule has 0 radical (unpaired) electrons. The highest BCUT2D eigenvalue weighted by atomic mass is 35.5. The lowest BCUT2D eigenvalue weighted by molar-refractivity contribution is -0.00243. The Morgan fingerprint density at radius 2 is 1.88 bits per heavy atom. The first-order valence-electron chi connectivity index (χ1n) is 8.06. The fraction of sp³-hybridized carbons (Fsp3) is 0.500. The Hall–Kier alpha value is -2.06. The molecule has 0 unspecified atom stereocenters. The van der Waals surface area contributed by atoms with Crippen molar-refractivity contribution >= 4 is 23.5 Å².